The average Bonchev–Trinajstić information content (AvgIpc) is 2.28. The van der Waals surface area contributed by atoms with E-state index in [0.717, 1.165) is 13.0 Å². The van der Waals surface area contributed by atoms with E-state index in [-0.39, 0.29) is 11.0 Å². The fourth-order valence-corrected chi connectivity index (χ4v) is 2.24. The maximum Gasteiger partial charge on any atom is 0.0499 e. The lowest BCUT2D eigenvalue weighted by Gasteiger charge is -2.39. The zero-order valence-electron chi connectivity index (χ0n) is 10.6. The Bertz CT molecular complexity index is 183. The minimum Gasteiger partial charge on any atom is -0.396 e. The molecule has 0 radical (unpaired) electrons. The number of hydrogen-bond acceptors (Lipinski definition) is 2. The molecule has 0 bridgehead atoms. The molecule has 1 aliphatic rings. The Morgan fingerprint density at radius 3 is 2.27 bits per heavy atom. The molecule has 1 fully saturated rings. The highest BCUT2D eigenvalue weighted by molar-refractivity contribution is 4.87. The Hall–Kier alpha value is -0.0800. The van der Waals surface area contributed by atoms with Crippen LogP contribution in [0.5, 0.6) is 0 Å². The third kappa shape index (κ3) is 3.76. The van der Waals surface area contributed by atoms with Crippen molar-refractivity contribution in [2.24, 2.45) is 5.41 Å². The third-order valence-corrected chi connectivity index (χ3v) is 4.08. The van der Waals surface area contributed by atoms with E-state index in [4.69, 9.17) is 0 Å². The van der Waals surface area contributed by atoms with Crippen LogP contribution in [0.3, 0.4) is 0 Å². The van der Waals surface area contributed by atoms with Gasteiger partial charge < -0.3 is 10.4 Å². The summed E-state index contributed by atoms with van der Waals surface area (Å²) in [7, 11) is 0. The average molecular weight is 213 g/mol. The maximum absolute atomic E-state index is 9.57. The summed E-state index contributed by atoms with van der Waals surface area (Å²) in [5.41, 5.74) is 0.379. The van der Waals surface area contributed by atoms with E-state index in [2.05, 4.69) is 26.1 Å². The topological polar surface area (TPSA) is 32.3 Å². The highest BCUT2D eigenvalue weighted by Gasteiger charge is 2.32. The van der Waals surface area contributed by atoms with Crippen molar-refractivity contribution in [3.05, 3.63) is 0 Å². The molecular formula is C13H27NO. The lowest BCUT2D eigenvalue weighted by atomic mass is 9.74. The monoisotopic (exact) mass is 213 g/mol. The predicted octanol–water partition coefficient (Wildman–Crippen LogP) is 2.71. The minimum atomic E-state index is 0.171. The number of rotatable bonds is 5. The van der Waals surface area contributed by atoms with E-state index < -0.39 is 0 Å². The van der Waals surface area contributed by atoms with Gasteiger partial charge in [-0.05, 0) is 33.1 Å². The molecule has 0 aromatic heterocycles. The van der Waals surface area contributed by atoms with Crippen LogP contribution in [0.15, 0.2) is 0 Å². The van der Waals surface area contributed by atoms with E-state index in [0.29, 0.717) is 6.61 Å². The van der Waals surface area contributed by atoms with Crippen molar-refractivity contribution >= 4 is 0 Å². The van der Waals surface area contributed by atoms with Gasteiger partial charge in [0.1, 0.15) is 0 Å². The van der Waals surface area contributed by atoms with Crippen molar-refractivity contribution < 1.29 is 5.11 Å². The Morgan fingerprint density at radius 2 is 1.80 bits per heavy atom. The number of aliphatic hydroxyl groups is 1. The van der Waals surface area contributed by atoms with Crippen LogP contribution in [0.25, 0.3) is 0 Å². The van der Waals surface area contributed by atoms with Crippen LogP contribution in [0.4, 0.5) is 0 Å². The summed E-state index contributed by atoms with van der Waals surface area (Å²) >= 11 is 0. The van der Waals surface area contributed by atoms with Gasteiger partial charge in [-0.25, -0.2) is 0 Å². The Balaban J connectivity index is 2.45. The van der Waals surface area contributed by atoms with Gasteiger partial charge in [0.2, 0.25) is 0 Å². The Labute approximate surface area is 94.5 Å². The SMILES string of the molecule is CCC(C)(C)NCC1(CO)CCCCC1. The molecule has 1 rings (SSSR count). The van der Waals surface area contributed by atoms with Gasteiger partial charge in [0, 0.05) is 24.1 Å². The van der Waals surface area contributed by atoms with Crippen LogP contribution in [-0.4, -0.2) is 23.8 Å². The smallest absolute Gasteiger partial charge is 0.0499 e. The molecule has 2 heteroatoms. The van der Waals surface area contributed by atoms with E-state index in [1.54, 1.807) is 0 Å². The lowest BCUT2D eigenvalue weighted by Crippen LogP contribution is -2.47. The van der Waals surface area contributed by atoms with Crippen LogP contribution >= 0.6 is 0 Å². The summed E-state index contributed by atoms with van der Waals surface area (Å²) in [6, 6.07) is 0. The highest BCUT2D eigenvalue weighted by atomic mass is 16.3. The molecule has 0 unspecified atom stereocenters. The number of hydrogen-bond donors (Lipinski definition) is 2. The van der Waals surface area contributed by atoms with E-state index >= 15 is 0 Å². The maximum atomic E-state index is 9.57. The molecule has 0 heterocycles. The molecule has 15 heavy (non-hydrogen) atoms. The fraction of sp³-hybridized carbons (Fsp3) is 1.00. The van der Waals surface area contributed by atoms with Gasteiger partial charge in [0.25, 0.3) is 0 Å². The fourth-order valence-electron chi connectivity index (χ4n) is 2.24. The molecule has 2 nitrogen and oxygen atoms in total. The van der Waals surface area contributed by atoms with Gasteiger partial charge in [-0.15, -0.1) is 0 Å². The van der Waals surface area contributed by atoms with Gasteiger partial charge in [-0.3, -0.25) is 0 Å². The Morgan fingerprint density at radius 1 is 1.20 bits per heavy atom. The van der Waals surface area contributed by atoms with Crippen molar-refractivity contribution in [3.8, 4) is 0 Å². The second-order valence-electron chi connectivity index (χ2n) is 5.81. The van der Waals surface area contributed by atoms with Crippen LogP contribution in [0.2, 0.25) is 0 Å². The molecule has 1 saturated carbocycles. The molecular weight excluding hydrogens is 186 g/mol. The van der Waals surface area contributed by atoms with Crippen molar-refractivity contribution in [2.45, 2.75) is 64.8 Å². The first-order valence-electron chi connectivity index (χ1n) is 6.39. The highest BCUT2D eigenvalue weighted by Crippen LogP contribution is 2.35. The molecule has 0 atom stereocenters. The number of aliphatic hydroxyl groups excluding tert-OH is 1. The van der Waals surface area contributed by atoms with Crippen LogP contribution in [0.1, 0.15) is 59.3 Å². The predicted molar refractivity (Wildman–Crippen MR) is 65.0 cm³/mol. The lowest BCUT2D eigenvalue weighted by molar-refractivity contribution is 0.0733. The largest absolute Gasteiger partial charge is 0.396 e. The van der Waals surface area contributed by atoms with Crippen molar-refractivity contribution in [2.75, 3.05) is 13.2 Å². The van der Waals surface area contributed by atoms with E-state index in [1.807, 2.05) is 0 Å². The molecule has 0 saturated heterocycles. The molecule has 90 valence electrons. The van der Waals surface area contributed by atoms with Gasteiger partial charge in [-0.2, -0.15) is 0 Å². The first-order chi connectivity index (χ1) is 7.04. The summed E-state index contributed by atoms with van der Waals surface area (Å²) in [4.78, 5) is 0. The van der Waals surface area contributed by atoms with Crippen molar-refractivity contribution in [1.29, 1.82) is 0 Å². The second-order valence-corrected chi connectivity index (χ2v) is 5.81. The normalized spacial score (nSPS) is 21.6. The molecule has 0 aromatic carbocycles. The second kappa shape index (κ2) is 5.31. The summed E-state index contributed by atoms with van der Waals surface area (Å²) < 4.78 is 0. The summed E-state index contributed by atoms with van der Waals surface area (Å²) in [5.74, 6) is 0. The standard InChI is InChI=1S/C13H27NO/c1-4-12(2,3)14-10-13(11-15)8-6-5-7-9-13/h14-15H,4-11H2,1-3H3. The van der Waals surface area contributed by atoms with Gasteiger partial charge in [0.15, 0.2) is 0 Å². The van der Waals surface area contributed by atoms with Crippen LogP contribution in [-0.2, 0) is 0 Å². The van der Waals surface area contributed by atoms with Crippen LogP contribution < -0.4 is 5.32 Å². The summed E-state index contributed by atoms with van der Waals surface area (Å²) in [6.07, 6.45) is 7.43. The molecule has 0 aromatic rings. The summed E-state index contributed by atoms with van der Waals surface area (Å²) in [5, 5.41) is 13.2. The first-order valence-corrected chi connectivity index (χ1v) is 6.39. The third-order valence-electron chi connectivity index (χ3n) is 4.08. The Kier molecular flexibility index (Phi) is 4.60. The molecule has 1 aliphatic carbocycles. The molecule has 0 amide bonds. The number of nitrogens with one attached hydrogen (secondary N) is 1. The van der Waals surface area contributed by atoms with Crippen molar-refractivity contribution in [3.63, 3.8) is 0 Å². The van der Waals surface area contributed by atoms with Crippen LogP contribution in [0, 0.1) is 5.41 Å². The van der Waals surface area contributed by atoms with Gasteiger partial charge in [0.05, 0.1) is 0 Å². The van der Waals surface area contributed by atoms with Crippen molar-refractivity contribution in [1.82, 2.24) is 5.32 Å². The van der Waals surface area contributed by atoms with E-state index in [1.165, 1.54) is 32.1 Å². The van der Waals surface area contributed by atoms with E-state index in [9.17, 15) is 5.11 Å². The van der Waals surface area contributed by atoms with Gasteiger partial charge >= 0.3 is 0 Å². The molecule has 0 aliphatic heterocycles. The zero-order valence-corrected chi connectivity index (χ0v) is 10.6. The summed E-state index contributed by atoms with van der Waals surface area (Å²) in [6.45, 7) is 8.01. The molecule has 2 N–H and O–H groups in total. The minimum absolute atomic E-state index is 0.171. The van der Waals surface area contributed by atoms with Gasteiger partial charge in [-0.1, -0.05) is 26.2 Å². The quantitative estimate of drug-likeness (QED) is 0.736. The molecule has 0 spiro atoms. The first kappa shape index (κ1) is 13.0. The zero-order chi connectivity index (χ0) is 11.4.